The number of amides is 1. The maximum Gasteiger partial charge on any atom is 0.394 e. The van der Waals surface area contributed by atoms with E-state index in [1.54, 1.807) is 0 Å². The lowest BCUT2D eigenvalue weighted by molar-refractivity contribution is -0.147. The summed E-state index contributed by atoms with van der Waals surface area (Å²) in [5.41, 5.74) is -0.101. The highest BCUT2D eigenvalue weighted by atomic mass is 32.1. The van der Waals surface area contributed by atoms with Gasteiger partial charge < -0.3 is 15.5 Å². The van der Waals surface area contributed by atoms with Gasteiger partial charge in [0.15, 0.2) is 0 Å². The van der Waals surface area contributed by atoms with Gasteiger partial charge in [-0.1, -0.05) is 0 Å². The summed E-state index contributed by atoms with van der Waals surface area (Å²) in [7, 11) is 0. The van der Waals surface area contributed by atoms with Crippen molar-refractivity contribution in [3.63, 3.8) is 0 Å². The normalized spacial score (nSPS) is 10.2. The van der Waals surface area contributed by atoms with Crippen molar-refractivity contribution in [2.75, 3.05) is 5.32 Å². The molecule has 8 nitrogen and oxygen atoms in total. The third-order valence-electron chi connectivity index (χ3n) is 2.00. The number of carboxylic acids is 2. The van der Waals surface area contributed by atoms with Crippen molar-refractivity contribution in [3.05, 3.63) is 17.4 Å². The van der Waals surface area contributed by atoms with Crippen LogP contribution in [0.15, 0.2) is 12.5 Å². The Morgan fingerprint density at radius 2 is 2.00 bits per heavy atom. The molecule has 2 aromatic rings. The molecule has 0 bridgehead atoms. The Balaban J connectivity index is 2.58. The smallest absolute Gasteiger partial charge is 0.394 e. The summed E-state index contributed by atoms with van der Waals surface area (Å²) in [5.74, 6) is -4.30. The van der Waals surface area contributed by atoms with Gasteiger partial charge in [-0.05, 0) is 0 Å². The van der Waals surface area contributed by atoms with Crippen molar-refractivity contribution in [1.29, 1.82) is 0 Å². The highest BCUT2D eigenvalue weighted by molar-refractivity contribution is 7.21. The lowest BCUT2D eigenvalue weighted by atomic mass is 10.3. The quantitative estimate of drug-likeness (QED) is 0.672. The number of carbonyl (C=O) groups is 3. The van der Waals surface area contributed by atoms with E-state index in [9.17, 15) is 14.4 Å². The fraction of sp³-hybridized carbons (Fsp3) is 0. The van der Waals surface area contributed by atoms with E-state index in [0.29, 0.717) is 4.83 Å². The standard InChI is InChI=1S/C9H5N3O5S/c13-6(9(16)17)12-4-3-1-10-2-11-7(3)18-5(4)8(14)15/h1-2H,(H,12,13)(H,14,15)(H,16,17). The monoisotopic (exact) mass is 267 g/mol. The van der Waals surface area contributed by atoms with Gasteiger partial charge in [-0.3, -0.25) is 4.79 Å². The van der Waals surface area contributed by atoms with Crippen LogP contribution in [0.4, 0.5) is 5.69 Å². The number of aromatic carboxylic acids is 1. The first-order valence-corrected chi connectivity index (χ1v) is 5.32. The van der Waals surface area contributed by atoms with Crippen LogP contribution in [-0.2, 0) is 9.59 Å². The number of aliphatic carboxylic acids is 1. The topological polar surface area (TPSA) is 129 Å². The second-order valence-electron chi connectivity index (χ2n) is 3.11. The molecule has 0 saturated carbocycles. The van der Waals surface area contributed by atoms with Crippen molar-refractivity contribution in [2.45, 2.75) is 0 Å². The van der Waals surface area contributed by atoms with E-state index in [1.807, 2.05) is 5.32 Å². The van der Waals surface area contributed by atoms with Crippen LogP contribution in [0.5, 0.6) is 0 Å². The molecule has 0 spiro atoms. The zero-order chi connectivity index (χ0) is 13.3. The molecule has 0 aliphatic heterocycles. The predicted molar refractivity (Wildman–Crippen MR) is 60.6 cm³/mol. The van der Waals surface area contributed by atoms with Gasteiger partial charge in [-0.15, -0.1) is 11.3 Å². The number of nitrogens with one attached hydrogen (secondary N) is 1. The highest BCUT2D eigenvalue weighted by Crippen LogP contribution is 2.33. The molecular weight excluding hydrogens is 262 g/mol. The first kappa shape index (κ1) is 11.9. The minimum Gasteiger partial charge on any atom is -0.477 e. The zero-order valence-corrected chi connectivity index (χ0v) is 9.39. The molecule has 1 amide bonds. The molecule has 0 aliphatic carbocycles. The molecule has 0 unspecified atom stereocenters. The number of carboxylic acid groups (broad SMARTS) is 2. The maximum atomic E-state index is 11.1. The third-order valence-corrected chi connectivity index (χ3v) is 3.10. The van der Waals surface area contributed by atoms with Gasteiger partial charge in [0.1, 0.15) is 16.0 Å². The lowest BCUT2D eigenvalue weighted by Crippen LogP contribution is -2.22. The summed E-state index contributed by atoms with van der Waals surface area (Å²) in [6, 6.07) is 0. The van der Waals surface area contributed by atoms with Gasteiger partial charge in [-0.2, -0.15) is 0 Å². The van der Waals surface area contributed by atoms with Crippen molar-refractivity contribution in [2.24, 2.45) is 0 Å². The summed E-state index contributed by atoms with van der Waals surface area (Å²) >= 11 is 0.827. The summed E-state index contributed by atoms with van der Waals surface area (Å²) in [4.78, 5) is 40.3. The largest absolute Gasteiger partial charge is 0.477 e. The van der Waals surface area contributed by atoms with Crippen molar-refractivity contribution in [1.82, 2.24) is 9.97 Å². The summed E-state index contributed by atoms with van der Waals surface area (Å²) in [5, 5.41) is 19.8. The van der Waals surface area contributed by atoms with E-state index >= 15 is 0 Å². The fourth-order valence-corrected chi connectivity index (χ4v) is 2.19. The van der Waals surface area contributed by atoms with Gasteiger partial charge in [0.2, 0.25) is 0 Å². The predicted octanol–water partition coefficient (Wildman–Crippen LogP) is 0.413. The fourth-order valence-electron chi connectivity index (χ4n) is 1.28. The SMILES string of the molecule is O=C(O)C(=O)Nc1c(C(=O)O)sc2ncncc12. The molecule has 3 N–H and O–H groups in total. The van der Waals surface area contributed by atoms with Crippen LogP contribution in [0.1, 0.15) is 9.67 Å². The average molecular weight is 267 g/mol. The van der Waals surface area contributed by atoms with E-state index < -0.39 is 17.8 Å². The Morgan fingerprint density at radius 3 is 2.61 bits per heavy atom. The summed E-state index contributed by atoms with van der Waals surface area (Å²) < 4.78 is 0. The molecule has 2 aromatic heterocycles. The first-order chi connectivity index (χ1) is 8.50. The minimum absolute atomic E-state index is 0.101. The van der Waals surface area contributed by atoms with E-state index in [-0.39, 0.29) is 16.0 Å². The highest BCUT2D eigenvalue weighted by Gasteiger charge is 2.22. The van der Waals surface area contributed by atoms with E-state index in [1.165, 1.54) is 12.5 Å². The molecule has 0 aromatic carbocycles. The molecule has 9 heteroatoms. The lowest BCUT2D eigenvalue weighted by Gasteiger charge is -2.01. The Kier molecular flexibility index (Phi) is 2.90. The molecule has 2 heterocycles. The molecule has 92 valence electrons. The van der Waals surface area contributed by atoms with E-state index in [4.69, 9.17) is 10.2 Å². The molecule has 18 heavy (non-hydrogen) atoms. The number of carbonyl (C=O) groups excluding carboxylic acids is 1. The number of hydrogen-bond donors (Lipinski definition) is 3. The summed E-state index contributed by atoms with van der Waals surface area (Å²) in [6.07, 6.45) is 2.54. The van der Waals surface area contributed by atoms with Crippen LogP contribution in [0.25, 0.3) is 10.2 Å². The number of rotatable bonds is 2. The number of aromatic nitrogens is 2. The second kappa shape index (κ2) is 4.37. The zero-order valence-electron chi connectivity index (χ0n) is 8.58. The van der Waals surface area contributed by atoms with Crippen LogP contribution in [0.2, 0.25) is 0 Å². The van der Waals surface area contributed by atoms with E-state index in [2.05, 4.69) is 9.97 Å². The van der Waals surface area contributed by atoms with Crippen molar-refractivity contribution >= 4 is 45.1 Å². The molecule has 0 atom stereocenters. The molecular formula is C9H5N3O5S. The number of thiophene rings is 1. The average Bonchev–Trinajstić information content (AvgIpc) is 2.68. The first-order valence-electron chi connectivity index (χ1n) is 4.50. The summed E-state index contributed by atoms with van der Waals surface area (Å²) in [6.45, 7) is 0. The molecule has 0 fully saturated rings. The molecule has 2 rings (SSSR count). The molecule has 0 radical (unpaired) electrons. The van der Waals surface area contributed by atoms with Gasteiger partial charge in [0, 0.05) is 6.20 Å². The number of fused-ring (bicyclic) bond motifs is 1. The Morgan fingerprint density at radius 1 is 1.28 bits per heavy atom. The van der Waals surface area contributed by atoms with Crippen molar-refractivity contribution in [3.8, 4) is 0 Å². The van der Waals surface area contributed by atoms with Crippen LogP contribution >= 0.6 is 11.3 Å². The Labute approximate surface area is 103 Å². The van der Waals surface area contributed by atoms with Crippen LogP contribution in [0.3, 0.4) is 0 Å². The van der Waals surface area contributed by atoms with Crippen LogP contribution in [-0.4, -0.2) is 38.0 Å². The molecule has 0 aliphatic rings. The van der Waals surface area contributed by atoms with E-state index in [0.717, 1.165) is 11.3 Å². The second-order valence-corrected chi connectivity index (χ2v) is 4.11. The number of anilines is 1. The van der Waals surface area contributed by atoms with Gasteiger partial charge in [-0.25, -0.2) is 19.6 Å². The Bertz CT molecular complexity index is 665. The van der Waals surface area contributed by atoms with Crippen LogP contribution < -0.4 is 5.32 Å². The Hall–Kier alpha value is -2.55. The molecule has 0 saturated heterocycles. The number of nitrogens with zero attached hydrogens (tertiary/aromatic N) is 2. The maximum absolute atomic E-state index is 11.1. The van der Waals surface area contributed by atoms with Gasteiger partial charge in [0.05, 0.1) is 11.1 Å². The van der Waals surface area contributed by atoms with Crippen molar-refractivity contribution < 1.29 is 24.6 Å². The van der Waals surface area contributed by atoms with Gasteiger partial charge >= 0.3 is 17.8 Å². The van der Waals surface area contributed by atoms with Gasteiger partial charge in [0.25, 0.3) is 0 Å². The third kappa shape index (κ3) is 1.98. The number of hydrogen-bond acceptors (Lipinski definition) is 6. The van der Waals surface area contributed by atoms with Crippen LogP contribution in [0, 0.1) is 0 Å². The minimum atomic E-state index is -1.71.